The Kier molecular flexibility index (Phi) is 2.46. The number of rotatable bonds is 3. The fourth-order valence-electron chi connectivity index (χ4n) is 2.08. The topological polar surface area (TPSA) is 63.0 Å². The molecule has 1 aliphatic rings. The van der Waals surface area contributed by atoms with Crippen molar-refractivity contribution in [2.45, 2.75) is 6.42 Å². The molecule has 5 nitrogen and oxygen atoms in total. The van der Waals surface area contributed by atoms with Crippen LogP contribution in [0.25, 0.3) is 11.1 Å². The third-order valence-corrected chi connectivity index (χ3v) is 3.02. The van der Waals surface area contributed by atoms with Crippen molar-refractivity contribution in [2.75, 3.05) is 25.0 Å². The molecule has 0 aliphatic carbocycles. The molecule has 1 aliphatic heterocycles. The molecule has 5 heteroatoms. The summed E-state index contributed by atoms with van der Waals surface area (Å²) in [5.41, 5.74) is 1.65. The zero-order valence-electron chi connectivity index (χ0n) is 8.94. The van der Waals surface area contributed by atoms with E-state index in [4.69, 9.17) is 4.52 Å². The number of hydrogen-bond donors (Lipinski definition) is 2. The Morgan fingerprint density at radius 2 is 2.56 bits per heavy atom. The Labute approximate surface area is 93.2 Å². The summed E-state index contributed by atoms with van der Waals surface area (Å²) < 4.78 is 5.02. The van der Waals surface area contributed by atoms with E-state index in [1.807, 2.05) is 6.07 Å². The second kappa shape index (κ2) is 4.09. The van der Waals surface area contributed by atoms with Crippen LogP contribution in [0.2, 0.25) is 0 Å². The van der Waals surface area contributed by atoms with E-state index >= 15 is 0 Å². The standard InChI is InChI=1S/C11H14N4O/c1-3-12-5-8(1)6-14-10-2-4-13-11-9(10)7-15-16-11/h2,4,7-8,12H,1,3,5-6H2,(H,13,14). The van der Waals surface area contributed by atoms with Crippen LogP contribution in [0.3, 0.4) is 0 Å². The van der Waals surface area contributed by atoms with Crippen LogP contribution in [0.1, 0.15) is 6.42 Å². The van der Waals surface area contributed by atoms with E-state index in [9.17, 15) is 0 Å². The summed E-state index contributed by atoms with van der Waals surface area (Å²) in [5.74, 6) is 0.711. The highest BCUT2D eigenvalue weighted by Crippen LogP contribution is 2.21. The van der Waals surface area contributed by atoms with Gasteiger partial charge in [-0.3, -0.25) is 0 Å². The van der Waals surface area contributed by atoms with E-state index in [1.54, 1.807) is 12.4 Å². The molecule has 0 saturated carbocycles. The average Bonchev–Trinajstić information content (AvgIpc) is 2.97. The van der Waals surface area contributed by atoms with E-state index in [1.165, 1.54) is 6.42 Å². The van der Waals surface area contributed by atoms with Crippen LogP contribution in [0.5, 0.6) is 0 Å². The van der Waals surface area contributed by atoms with E-state index in [0.717, 1.165) is 30.7 Å². The quantitative estimate of drug-likeness (QED) is 0.811. The Hall–Kier alpha value is -1.62. The predicted octanol–water partition coefficient (Wildman–Crippen LogP) is 1.24. The monoisotopic (exact) mass is 218 g/mol. The van der Waals surface area contributed by atoms with Crippen LogP contribution >= 0.6 is 0 Å². The highest BCUT2D eigenvalue weighted by Gasteiger charge is 2.14. The molecule has 1 saturated heterocycles. The summed E-state index contributed by atoms with van der Waals surface area (Å²) in [4.78, 5) is 4.10. The smallest absolute Gasteiger partial charge is 0.259 e. The van der Waals surface area contributed by atoms with Crippen molar-refractivity contribution in [1.82, 2.24) is 15.5 Å². The van der Waals surface area contributed by atoms with Gasteiger partial charge in [-0.1, -0.05) is 5.16 Å². The van der Waals surface area contributed by atoms with Crippen molar-refractivity contribution in [1.29, 1.82) is 0 Å². The maximum absolute atomic E-state index is 5.02. The number of hydrogen-bond acceptors (Lipinski definition) is 5. The van der Waals surface area contributed by atoms with Gasteiger partial charge in [-0.2, -0.15) is 0 Å². The Balaban J connectivity index is 1.75. The molecule has 0 spiro atoms. The third kappa shape index (κ3) is 1.74. The summed E-state index contributed by atoms with van der Waals surface area (Å²) in [6.45, 7) is 3.22. The van der Waals surface area contributed by atoms with Gasteiger partial charge in [0, 0.05) is 12.7 Å². The molecule has 3 heterocycles. The molecule has 1 fully saturated rings. The van der Waals surface area contributed by atoms with Crippen molar-refractivity contribution in [3.8, 4) is 0 Å². The number of anilines is 1. The number of pyridine rings is 1. The zero-order chi connectivity index (χ0) is 10.8. The van der Waals surface area contributed by atoms with Crippen molar-refractivity contribution in [2.24, 2.45) is 5.92 Å². The van der Waals surface area contributed by atoms with Crippen molar-refractivity contribution in [3.05, 3.63) is 18.5 Å². The van der Waals surface area contributed by atoms with Crippen LogP contribution in [0, 0.1) is 5.92 Å². The van der Waals surface area contributed by atoms with Crippen LogP contribution < -0.4 is 10.6 Å². The number of nitrogens with one attached hydrogen (secondary N) is 2. The number of aromatic nitrogens is 2. The van der Waals surface area contributed by atoms with E-state index in [0.29, 0.717) is 11.6 Å². The lowest BCUT2D eigenvalue weighted by molar-refractivity contribution is 0.448. The largest absolute Gasteiger partial charge is 0.384 e. The van der Waals surface area contributed by atoms with Gasteiger partial charge in [-0.25, -0.2) is 4.98 Å². The summed E-state index contributed by atoms with van der Waals surface area (Å²) in [5, 5.41) is 11.5. The predicted molar refractivity (Wildman–Crippen MR) is 61.3 cm³/mol. The molecule has 2 aromatic rings. The first-order chi connectivity index (χ1) is 7.93. The van der Waals surface area contributed by atoms with Crippen LogP contribution in [-0.4, -0.2) is 29.8 Å². The lowest BCUT2D eigenvalue weighted by atomic mass is 10.1. The minimum absolute atomic E-state index is 0.592. The minimum atomic E-state index is 0.592. The molecule has 2 N–H and O–H groups in total. The summed E-state index contributed by atoms with van der Waals surface area (Å²) in [6, 6.07) is 1.96. The molecule has 1 atom stereocenters. The molecule has 0 aromatic carbocycles. The Morgan fingerprint density at radius 1 is 1.56 bits per heavy atom. The SMILES string of the molecule is c1cc(NCC2CCNC2)c2cnoc2n1. The van der Waals surface area contributed by atoms with E-state index in [2.05, 4.69) is 20.8 Å². The molecule has 0 amide bonds. The summed E-state index contributed by atoms with van der Waals surface area (Å²) >= 11 is 0. The lowest BCUT2D eigenvalue weighted by Crippen LogP contribution is -2.17. The Morgan fingerprint density at radius 3 is 3.44 bits per heavy atom. The third-order valence-electron chi connectivity index (χ3n) is 3.02. The molecule has 1 unspecified atom stereocenters. The lowest BCUT2D eigenvalue weighted by Gasteiger charge is -2.11. The van der Waals surface area contributed by atoms with Crippen LogP contribution in [0.15, 0.2) is 23.0 Å². The maximum Gasteiger partial charge on any atom is 0.259 e. The van der Waals surface area contributed by atoms with Gasteiger partial charge in [0.25, 0.3) is 5.71 Å². The number of fused-ring (bicyclic) bond motifs is 1. The molecule has 3 rings (SSSR count). The molecule has 84 valence electrons. The van der Waals surface area contributed by atoms with E-state index < -0.39 is 0 Å². The van der Waals surface area contributed by atoms with Gasteiger partial charge in [0.1, 0.15) is 0 Å². The van der Waals surface area contributed by atoms with Gasteiger partial charge in [0.15, 0.2) is 0 Å². The Bertz CT molecular complexity index is 476. The molecule has 0 radical (unpaired) electrons. The van der Waals surface area contributed by atoms with Gasteiger partial charge in [-0.05, 0) is 31.5 Å². The first kappa shape index (κ1) is 9.59. The summed E-state index contributed by atoms with van der Waals surface area (Å²) in [7, 11) is 0. The highest BCUT2D eigenvalue weighted by atomic mass is 16.5. The van der Waals surface area contributed by atoms with Crippen molar-refractivity contribution in [3.63, 3.8) is 0 Å². The van der Waals surface area contributed by atoms with Gasteiger partial charge < -0.3 is 15.2 Å². The maximum atomic E-state index is 5.02. The summed E-state index contributed by atoms with van der Waals surface area (Å²) in [6.07, 6.45) is 4.69. The van der Waals surface area contributed by atoms with Gasteiger partial charge in [0.2, 0.25) is 0 Å². The van der Waals surface area contributed by atoms with Crippen molar-refractivity contribution < 1.29 is 4.52 Å². The normalized spacial score (nSPS) is 20.4. The second-order valence-corrected chi connectivity index (χ2v) is 4.14. The first-order valence-corrected chi connectivity index (χ1v) is 5.57. The molecule has 2 aromatic heterocycles. The fraction of sp³-hybridized carbons (Fsp3) is 0.455. The van der Waals surface area contributed by atoms with Crippen LogP contribution in [-0.2, 0) is 0 Å². The molecule has 0 bridgehead atoms. The van der Waals surface area contributed by atoms with Crippen molar-refractivity contribution >= 4 is 16.8 Å². The molecule has 16 heavy (non-hydrogen) atoms. The zero-order valence-corrected chi connectivity index (χ0v) is 8.94. The van der Waals surface area contributed by atoms with Crippen LogP contribution in [0.4, 0.5) is 5.69 Å². The molecular weight excluding hydrogens is 204 g/mol. The van der Waals surface area contributed by atoms with E-state index in [-0.39, 0.29) is 0 Å². The van der Waals surface area contributed by atoms with Gasteiger partial charge in [-0.15, -0.1) is 0 Å². The number of nitrogens with zero attached hydrogens (tertiary/aromatic N) is 2. The first-order valence-electron chi connectivity index (χ1n) is 5.57. The molecular formula is C11H14N4O. The second-order valence-electron chi connectivity index (χ2n) is 4.14. The minimum Gasteiger partial charge on any atom is -0.384 e. The average molecular weight is 218 g/mol. The van der Waals surface area contributed by atoms with Gasteiger partial charge in [0.05, 0.1) is 17.3 Å². The fourth-order valence-corrected chi connectivity index (χ4v) is 2.08. The van der Waals surface area contributed by atoms with Gasteiger partial charge >= 0.3 is 0 Å². The highest BCUT2D eigenvalue weighted by molar-refractivity contribution is 5.86.